The molecule has 0 aromatic heterocycles. The standard InChI is InChI=1S/C15H20O3/c1-5-18-15(17)11(4)12-6-8-13(9-7-12)14(16)10(2)3/h6-11H,5H2,1-4H3. The summed E-state index contributed by atoms with van der Waals surface area (Å²) in [5.41, 5.74) is 1.55. The maximum atomic E-state index is 11.8. The molecule has 0 heterocycles. The van der Waals surface area contributed by atoms with E-state index in [9.17, 15) is 9.59 Å². The van der Waals surface area contributed by atoms with Gasteiger partial charge in [-0.15, -0.1) is 0 Å². The zero-order valence-corrected chi connectivity index (χ0v) is 11.4. The highest BCUT2D eigenvalue weighted by Gasteiger charge is 2.17. The number of esters is 1. The van der Waals surface area contributed by atoms with E-state index in [1.54, 1.807) is 26.0 Å². The Morgan fingerprint density at radius 1 is 1.11 bits per heavy atom. The fourth-order valence-corrected chi connectivity index (χ4v) is 1.67. The van der Waals surface area contributed by atoms with Crippen LogP contribution in [0.5, 0.6) is 0 Å². The van der Waals surface area contributed by atoms with E-state index in [1.807, 2.05) is 26.0 Å². The van der Waals surface area contributed by atoms with Crippen molar-refractivity contribution in [2.75, 3.05) is 6.61 Å². The lowest BCUT2D eigenvalue weighted by molar-refractivity contribution is -0.144. The van der Waals surface area contributed by atoms with Crippen LogP contribution in [0.1, 0.15) is 49.5 Å². The minimum Gasteiger partial charge on any atom is -0.466 e. The SMILES string of the molecule is CCOC(=O)C(C)c1ccc(C(=O)C(C)C)cc1. The number of benzene rings is 1. The molecule has 1 unspecified atom stereocenters. The molecular formula is C15H20O3. The van der Waals surface area contributed by atoms with Gasteiger partial charge in [-0.05, 0) is 19.4 Å². The predicted molar refractivity (Wildman–Crippen MR) is 70.7 cm³/mol. The third kappa shape index (κ3) is 3.42. The molecule has 0 aliphatic heterocycles. The smallest absolute Gasteiger partial charge is 0.313 e. The summed E-state index contributed by atoms with van der Waals surface area (Å²) < 4.78 is 4.97. The van der Waals surface area contributed by atoms with Gasteiger partial charge in [0, 0.05) is 11.5 Å². The van der Waals surface area contributed by atoms with Crippen molar-refractivity contribution < 1.29 is 14.3 Å². The molecule has 1 rings (SSSR count). The Bertz CT molecular complexity index is 418. The Hall–Kier alpha value is -1.64. The van der Waals surface area contributed by atoms with Crippen LogP contribution in [-0.2, 0) is 9.53 Å². The summed E-state index contributed by atoms with van der Waals surface area (Å²) in [5, 5.41) is 0. The van der Waals surface area contributed by atoms with Crippen LogP contribution < -0.4 is 0 Å². The highest BCUT2D eigenvalue weighted by atomic mass is 16.5. The van der Waals surface area contributed by atoms with Crippen LogP contribution in [0.4, 0.5) is 0 Å². The summed E-state index contributed by atoms with van der Waals surface area (Å²) in [6, 6.07) is 7.18. The first-order valence-corrected chi connectivity index (χ1v) is 6.28. The Kier molecular flexibility index (Phi) is 5.08. The van der Waals surface area contributed by atoms with Gasteiger partial charge >= 0.3 is 5.97 Å². The minimum atomic E-state index is -0.298. The lowest BCUT2D eigenvalue weighted by atomic mass is 9.96. The molecule has 0 amide bonds. The Morgan fingerprint density at radius 2 is 1.67 bits per heavy atom. The first kappa shape index (κ1) is 14.4. The van der Waals surface area contributed by atoms with E-state index in [4.69, 9.17) is 4.74 Å². The van der Waals surface area contributed by atoms with Gasteiger partial charge in [0.25, 0.3) is 0 Å². The van der Waals surface area contributed by atoms with Gasteiger partial charge in [-0.3, -0.25) is 9.59 Å². The van der Waals surface area contributed by atoms with Crippen molar-refractivity contribution in [1.29, 1.82) is 0 Å². The van der Waals surface area contributed by atoms with Crippen LogP contribution in [0.3, 0.4) is 0 Å². The van der Waals surface area contributed by atoms with Crippen molar-refractivity contribution in [3.8, 4) is 0 Å². The number of hydrogen-bond donors (Lipinski definition) is 0. The summed E-state index contributed by atoms with van der Waals surface area (Å²) in [4.78, 5) is 23.4. The molecular weight excluding hydrogens is 228 g/mol. The average Bonchev–Trinajstić information content (AvgIpc) is 2.37. The number of hydrogen-bond acceptors (Lipinski definition) is 3. The van der Waals surface area contributed by atoms with E-state index in [0.29, 0.717) is 12.2 Å². The van der Waals surface area contributed by atoms with Gasteiger partial charge in [0.05, 0.1) is 12.5 Å². The summed E-state index contributed by atoms with van der Waals surface area (Å²) in [7, 11) is 0. The number of carbonyl (C=O) groups excluding carboxylic acids is 2. The highest BCUT2D eigenvalue weighted by Crippen LogP contribution is 2.18. The molecule has 18 heavy (non-hydrogen) atoms. The molecule has 3 heteroatoms. The fraction of sp³-hybridized carbons (Fsp3) is 0.467. The zero-order valence-electron chi connectivity index (χ0n) is 11.4. The molecule has 98 valence electrons. The number of Topliss-reactive ketones (excluding diaryl/α,β-unsaturated/α-hetero) is 1. The molecule has 0 N–H and O–H groups in total. The maximum Gasteiger partial charge on any atom is 0.313 e. The average molecular weight is 248 g/mol. The second kappa shape index (κ2) is 6.34. The van der Waals surface area contributed by atoms with Crippen LogP contribution in [0.25, 0.3) is 0 Å². The van der Waals surface area contributed by atoms with Crippen LogP contribution in [0, 0.1) is 5.92 Å². The van der Waals surface area contributed by atoms with Crippen molar-refractivity contribution in [2.24, 2.45) is 5.92 Å². The van der Waals surface area contributed by atoms with E-state index in [0.717, 1.165) is 5.56 Å². The molecule has 1 aromatic rings. The molecule has 0 radical (unpaired) electrons. The first-order valence-electron chi connectivity index (χ1n) is 6.28. The topological polar surface area (TPSA) is 43.4 Å². The summed E-state index contributed by atoms with van der Waals surface area (Å²) in [6.45, 7) is 7.72. The number of rotatable bonds is 5. The molecule has 0 aliphatic carbocycles. The Labute approximate surface area is 108 Å². The van der Waals surface area contributed by atoms with Crippen molar-refractivity contribution >= 4 is 11.8 Å². The fourth-order valence-electron chi connectivity index (χ4n) is 1.67. The Balaban J connectivity index is 2.83. The van der Waals surface area contributed by atoms with Gasteiger partial charge in [-0.2, -0.15) is 0 Å². The monoisotopic (exact) mass is 248 g/mol. The lowest BCUT2D eigenvalue weighted by Gasteiger charge is -2.11. The van der Waals surface area contributed by atoms with Crippen molar-refractivity contribution in [1.82, 2.24) is 0 Å². The van der Waals surface area contributed by atoms with Crippen LogP contribution in [0.2, 0.25) is 0 Å². The molecule has 0 saturated heterocycles. The third-order valence-electron chi connectivity index (χ3n) is 2.86. The maximum absolute atomic E-state index is 11.8. The van der Waals surface area contributed by atoms with Gasteiger partial charge < -0.3 is 4.74 Å². The van der Waals surface area contributed by atoms with E-state index in [1.165, 1.54) is 0 Å². The molecule has 0 spiro atoms. The first-order chi connectivity index (χ1) is 8.47. The van der Waals surface area contributed by atoms with Crippen molar-refractivity contribution in [2.45, 2.75) is 33.6 Å². The second-order valence-electron chi connectivity index (χ2n) is 4.61. The van der Waals surface area contributed by atoms with Gasteiger partial charge in [0.1, 0.15) is 0 Å². The van der Waals surface area contributed by atoms with Gasteiger partial charge in [0.2, 0.25) is 0 Å². The predicted octanol–water partition coefficient (Wildman–Crippen LogP) is 3.19. The van der Waals surface area contributed by atoms with E-state index < -0.39 is 0 Å². The van der Waals surface area contributed by atoms with Crippen molar-refractivity contribution in [3.05, 3.63) is 35.4 Å². The van der Waals surface area contributed by atoms with E-state index >= 15 is 0 Å². The van der Waals surface area contributed by atoms with E-state index in [2.05, 4.69) is 0 Å². The van der Waals surface area contributed by atoms with Gasteiger partial charge in [-0.1, -0.05) is 38.1 Å². The van der Waals surface area contributed by atoms with Crippen LogP contribution in [0.15, 0.2) is 24.3 Å². The summed E-state index contributed by atoms with van der Waals surface area (Å²) >= 11 is 0. The molecule has 1 aromatic carbocycles. The zero-order chi connectivity index (χ0) is 13.7. The normalized spacial score (nSPS) is 12.3. The molecule has 0 fully saturated rings. The number of carbonyl (C=O) groups is 2. The van der Waals surface area contributed by atoms with Gasteiger partial charge in [0.15, 0.2) is 5.78 Å². The largest absolute Gasteiger partial charge is 0.466 e. The molecule has 3 nitrogen and oxygen atoms in total. The second-order valence-corrected chi connectivity index (χ2v) is 4.61. The highest BCUT2D eigenvalue weighted by molar-refractivity contribution is 5.97. The number of ketones is 1. The molecule has 0 bridgehead atoms. The van der Waals surface area contributed by atoms with Gasteiger partial charge in [-0.25, -0.2) is 0 Å². The Morgan fingerprint density at radius 3 is 2.11 bits per heavy atom. The number of ether oxygens (including phenoxy) is 1. The van der Waals surface area contributed by atoms with Crippen molar-refractivity contribution in [3.63, 3.8) is 0 Å². The summed E-state index contributed by atoms with van der Waals surface area (Å²) in [6.07, 6.45) is 0. The minimum absolute atomic E-state index is 0.0154. The lowest BCUT2D eigenvalue weighted by Crippen LogP contribution is -2.13. The molecule has 0 saturated carbocycles. The van der Waals surface area contributed by atoms with E-state index in [-0.39, 0.29) is 23.6 Å². The third-order valence-corrected chi connectivity index (χ3v) is 2.86. The molecule has 1 atom stereocenters. The molecule has 0 aliphatic rings. The quantitative estimate of drug-likeness (QED) is 0.593. The summed E-state index contributed by atoms with van der Waals surface area (Å²) in [5.74, 6) is -0.433. The van der Waals surface area contributed by atoms with Crippen LogP contribution in [-0.4, -0.2) is 18.4 Å². The van der Waals surface area contributed by atoms with Crippen LogP contribution >= 0.6 is 0 Å².